The van der Waals surface area contributed by atoms with Crippen LogP contribution in [-0.2, 0) is 14.8 Å². The zero-order chi connectivity index (χ0) is 22.9. The van der Waals surface area contributed by atoms with Gasteiger partial charge in [0.25, 0.3) is 0 Å². The third kappa shape index (κ3) is 4.68. The van der Waals surface area contributed by atoms with E-state index in [2.05, 4.69) is 10.3 Å². The van der Waals surface area contributed by atoms with Crippen LogP contribution < -0.4 is 5.32 Å². The van der Waals surface area contributed by atoms with Crippen LogP contribution in [0.1, 0.15) is 18.7 Å². The summed E-state index contributed by atoms with van der Waals surface area (Å²) in [6, 6.07) is 11.9. The van der Waals surface area contributed by atoms with Crippen molar-refractivity contribution in [1.82, 2.24) is 9.29 Å². The number of nitrogens with zero attached hydrogens (tertiary/aromatic N) is 2. The summed E-state index contributed by atoms with van der Waals surface area (Å²) in [6.45, 7) is 2.20. The Balaban J connectivity index is 1.37. The Hall–Kier alpha value is -2.39. The Kier molecular flexibility index (Phi) is 6.57. The van der Waals surface area contributed by atoms with Crippen LogP contribution in [0.2, 0.25) is 10.0 Å². The molecular formula is C22H21Cl2N3O4S. The van der Waals surface area contributed by atoms with Crippen LogP contribution in [0.25, 0.3) is 11.3 Å². The molecule has 0 bridgehead atoms. The maximum atomic E-state index is 13.0. The fraction of sp³-hybridized carbons (Fsp3) is 0.273. The van der Waals surface area contributed by atoms with Crippen LogP contribution in [-0.4, -0.2) is 36.7 Å². The van der Waals surface area contributed by atoms with Gasteiger partial charge in [-0.3, -0.25) is 4.79 Å². The molecular weight excluding hydrogens is 473 g/mol. The second kappa shape index (κ2) is 9.23. The zero-order valence-electron chi connectivity index (χ0n) is 17.2. The van der Waals surface area contributed by atoms with E-state index in [0.29, 0.717) is 24.4 Å². The fourth-order valence-corrected chi connectivity index (χ4v) is 6.24. The van der Waals surface area contributed by atoms with Crippen LogP contribution in [0.4, 0.5) is 5.69 Å². The largest absolute Gasteiger partial charge is 0.449 e. The summed E-state index contributed by atoms with van der Waals surface area (Å²) in [5.41, 5.74) is 2.28. The summed E-state index contributed by atoms with van der Waals surface area (Å²) in [7, 11) is -3.84. The van der Waals surface area contributed by atoms with E-state index in [9.17, 15) is 13.2 Å². The first-order valence-electron chi connectivity index (χ1n) is 10.0. The Morgan fingerprint density at radius 2 is 1.72 bits per heavy atom. The van der Waals surface area contributed by atoms with Crippen molar-refractivity contribution in [3.8, 4) is 11.3 Å². The molecule has 4 rings (SSSR count). The molecule has 0 saturated carbocycles. The van der Waals surface area contributed by atoms with Gasteiger partial charge < -0.3 is 9.73 Å². The summed E-state index contributed by atoms with van der Waals surface area (Å²) >= 11 is 12.2. The molecule has 1 saturated heterocycles. The number of piperidine rings is 1. The number of rotatable bonds is 5. The highest BCUT2D eigenvalue weighted by molar-refractivity contribution is 7.89. The maximum absolute atomic E-state index is 13.0. The van der Waals surface area contributed by atoms with Gasteiger partial charge in [0.1, 0.15) is 16.9 Å². The van der Waals surface area contributed by atoms with E-state index in [1.807, 2.05) is 12.1 Å². The zero-order valence-corrected chi connectivity index (χ0v) is 19.5. The number of amides is 1. The van der Waals surface area contributed by atoms with Crippen molar-refractivity contribution in [3.63, 3.8) is 0 Å². The highest BCUT2D eigenvalue weighted by Gasteiger charge is 2.34. The van der Waals surface area contributed by atoms with E-state index < -0.39 is 10.0 Å². The van der Waals surface area contributed by atoms with Gasteiger partial charge in [0, 0.05) is 37.2 Å². The lowest BCUT2D eigenvalue weighted by Crippen LogP contribution is -2.41. The SMILES string of the molecule is Cc1nc(-c2ccc(NC(=O)C3CCN(S(=O)(=O)c4c(Cl)cccc4Cl)CC3)cc2)co1. The van der Waals surface area contributed by atoms with Crippen LogP contribution >= 0.6 is 23.2 Å². The van der Waals surface area contributed by atoms with Gasteiger partial charge in [0.05, 0.1) is 10.0 Å². The fourth-order valence-electron chi connectivity index (χ4n) is 3.68. The van der Waals surface area contributed by atoms with Crippen molar-refractivity contribution in [1.29, 1.82) is 0 Å². The average Bonchev–Trinajstić information content (AvgIpc) is 3.20. The Morgan fingerprint density at radius 1 is 1.09 bits per heavy atom. The van der Waals surface area contributed by atoms with Crippen molar-refractivity contribution in [2.75, 3.05) is 18.4 Å². The molecule has 32 heavy (non-hydrogen) atoms. The number of aromatic nitrogens is 1. The highest BCUT2D eigenvalue weighted by Crippen LogP contribution is 2.33. The highest BCUT2D eigenvalue weighted by atomic mass is 35.5. The van der Waals surface area contributed by atoms with Crippen molar-refractivity contribution < 1.29 is 17.6 Å². The van der Waals surface area contributed by atoms with Gasteiger partial charge in [-0.1, -0.05) is 41.4 Å². The molecule has 168 valence electrons. The quantitative estimate of drug-likeness (QED) is 0.539. The standard InChI is InChI=1S/C22H21Cl2N3O4S/c1-14-25-20(13-31-14)15-5-7-17(8-6-15)26-22(28)16-9-11-27(12-10-16)32(29,30)21-18(23)3-2-4-19(21)24/h2-8,13,16H,9-12H2,1H3,(H,26,28). The smallest absolute Gasteiger partial charge is 0.246 e. The molecule has 0 atom stereocenters. The van der Waals surface area contributed by atoms with Crippen LogP contribution in [0.5, 0.6) is 0 Å². The first kappa shape index (κ1) is 22.8. The second-order valence-corrected chi connectivity index (χ2v) is 10.2. The van der Waals surface area contributed by atoms with E-state index in [0.717, 1.165) is 11.3 Å². The van der Waals surface area contributed by atoms with Gasteiger partial charge in [0.2, 0.25) is 15.9 Å². The molecule has 0 spiro atoms. The summed E-state index contributed by atoms with van der Waals surface area (Å²) in [5, 5.41) is 3.08. The number of hydrogen-bond donors (Lipinski definition) is 1. The number of carbonyl (C=O) groups is 1. The van der Waals surface area contributed by atoms with Gasteiger partial charge in [0.15, 0.2) is 5.89 Å². The lowest BCUT2D eigenvalue weighted by atomic mass is 9.97. The molecule has 1 aliphatic rings. The number of nitrogens with one attached hydrogen (secondary N) is 1. The van der Waals surface area contributed by atoms with E-state index in [1.54, 1.807) is 31.4 Å². The summed E-state index contributed by atoms with van der Waals surface area (Å²) < 4.78 is 32.5. The predicted molar refractivity (Wildman–Crippen MR) is 123 cm³/mol. The first-order valence-corrected chi connectivity index (χ1v) is 12.2. The Morgan fingerprint density at radius 3 is 2.28 bits per heavy atom. The van der Waals surface area contributed by atoms with Crippen molar-refractivity contribution in [2.24, 2.45) is 5.92 Å². The van der Waals surface area contributed by atoms with Gasteiger partial charge in [-0.05, 0) is 37.1 Å². The molecule has 1 aliphatic heterocycles. The van der Waals surface area contributed by atoms with E-state index in [1.165, 1.54) is 16.4 Å². The van der Waals surface area contributed by atoms with Gasteiger partial charge in [-0.2, -0.15) is 4.31 Å². The molecule has 0 unspecified atom stereocenters. The summed E-state index contributed by atoms with van der Waals surface area (Å²) in [4.78, 5) is 16.9. The summed E-state index contributed by atoms with van der Waals surface area (Å²) in [6.07, 6.45) is 2.40. The number of halogens is 2. The molecule has 0 radical (unpaired) electrons. The lowest BCUT2D eigenvalue weighted by molar-refractivity contribution is -0.120. The average molecular weight is 494 g/mol. The lowest BCUT2D eigenvalue weighted by Gasteiger charge is -2.31. The first-order chi connectivity index (χ1) is 15.3. The molecule has 3 aromatic rings. The van der Waals surface area contributed by atoms with Gasteiger partial charge in [-0.25, -0.2) is 13.4 Å². The van der Waals surface area contributed by atoms with E-state index in [-0.39, 0.29) is 39.9 Å². The monoisotopic (exact) mass is 493 g/mol. The number of sulfonamides is 1. The van der Waals surface area contributed by atoms with Crippen LogP contribution in [0.15, 0.2) is 58.0 Å². The Bertz CT molecular complexity index is 1210. The molecule has 2 aromatic carbocycles. The third-order valence-electron chi connectivity index (χ3n) is 5.41. The number of oxazole rings is 1. The van der Waals surface area contributed by atoms with Crippen molar-refractivity contribution in [3.05, 3.63) is 64.7 Å². The minimum Gasteiger partial charge on any atom is -0.449 e. The number of benzene rings is 2. The molecule has 1 fully saturated rings. The van der Waals surface area contributed by atoms with Crippen molar-refractivity contribution >= 4 is 44.8 Å². The van der Waals surface area contributed by atoms with E-state index in [4.69, 9.17) is 27.6 Å². The molecule has 0 aliphatic carbocycles. The second-order valence-electron chi connectivity index (χ2n) is 7.55. The van der Waals surface area contributed by atoms with Crippen molar-refractivity contribution in [2.45, 2.75) is 24.7 Å². The Labute approximate surface area is 196 Å². The van der Waals surface area contributed by atoms with Crippen LogP contribution in [0.3, 0.4) is 0 Å². The topological polar surface area (TPSA) is 92.5 Å². The van der Waals surface area contributed by atoms with Crippen LogP contribution in [0, 0.1) is 12.8 Å². The minimum absolute atomic E-state index is 0.0848. The third-order valence-corrected chi connectivity index (χ3v) is 8.26. The minimum atomic E-state index is -3.84. The number of hydrogen-bond acceptors (Lipinski definition) is 5. The molecule has 10 heteroatoms. The van der Waals surface area contributed by atoms with Gasteiger partial charge in [-0.15, -0.1) is 0 Å². The number of anilines is 1. The summed E-state index contributed by atoms with van der Waals surface area (Å²) in [5.74, 6) is 0.159. The maximum Gasteiger partial charge on any atom is 0.246 e. The van der Waals surface area contributed by atoms with Gasteiger partial charge >= 0.3 is 0 Å². The predicted octanol–water partition coefficient (Wildman–Crippen LogP) is 5.00. The molecule has 1 aromatic heterocycles. The number of aryl methyl sites for hydroxylation is 1. The van der Waals surface area contributed by atoms with E-state index >= 15 is 0 Å². The molecule has 2 heterocycles. The molecule has 7 nitrogen and oxygen atoms in total. The molecule has 1 amide bonds. The number of carbonyl (C=O) groups excluding carboxylic acids is 1. The molecule has 1 N–H and O–H groups in total. The normalized spacial score (nSPS) is 15.6.